The van der Waals surface area contributed by atoms with Gasteiger partial charge >= 0.3 is 12.1 Å². The van der Waals surface area contributed by atoms with Crippen molar-refractivity contribution in [2.75, 3.05) is 25.5 Å². The van der Waals surface area contributed by atoms with Crippen molar-refractivity contribution in [2.24, 2.45) is 5.41 Å². The number of carboxylic acid groups (broad SMARTS) is 1. The quantitative estimate of drug-likeness (QED) is 0.783. The third-order valence-electron chi connectivity index (χ3n) is 4.39. The molecule has 1 atom stereocenters. The molecular formula is C18H21ClF3N3O2. The van der Waals surface area contributed by atoms with E-state index in [-0.39, 0.29) is 5.41 Å². The van der Waals surface area contributed by atoms with Crippen molar-refractivity contribution in [3.63, 3.8) is 0 Å². The summed E-state index contributed by atoms with van der Waals surface area (Å²) in [4.78, 5) is 15.7. The zero-order chi connectivity index (χ0) is 20.4. The number of likely N-dealkylation sites (N-methyl/N-ethyl adjacent to an activating group) is 1. The molecule has 1 aromatic carbocycles. The van der Waals surface area contributed by atoms with Crippen LogP contribution < -0.4 is 5.32 Å². The zero-order valence-corrected chi connectivity index (χ0v) is 15.9. The minimum Gasteiger partial charge on any atom is -0.475 e. The molecule has 148 valence electrons. The third kappa shape index (κ3) is 5.46. The van der Waals surface area contributed by atoms with E-state index in [0.717, 1.165) is 34.7 Å². The van der Waals surface area contributed by atoms with E-state index < -0.39 is 12.1 Å². The van der Waals surface area contributed by atoms with E-state index in [0.29, 0.717) is 6.04 Å². The number of nitrogens with zero attached hydrogens (tertiary/aromatic N) is 2. The molecule has 0 amide bonds. The number of anilines is 1. The van der Waals surface area contributed by atoms with E-state index in [1.54, 1.807) is 0 Å². The van der Waals surface area contributed by atoms with Gasteiger partial charge in [-0.3, -0.25) is 4.98 Å². The number of hydrogen-bond acceptors (Lipinski definition) is 4. The number of likely N-dealkylation sites (tertiary alicyclic amines) is 1. The molecule has 0 aliphatic carbocycles. The highest BCUT2D eigenvalue weighted by molar-refractivity contribution is 6.31. The fourth-order valence-electron chi connectivity index (χ4n) is 3.11. The molecule has 2 N–H and O–H groups in total. The Morgan fingerprint density at radius 3 is 2.52 bits per heavy atom. The molecule has 1 aliphatic heterocycles. The monoisotopic (exact) mass is 403 g/mol. The molecule has 27 heavy (non-hydrogen) atoms. The Labute approximate surface area is 160 Å². The number of halogens is 4. The maximum absolute atomic E-state index is 10.6. The Bertz CT molecular complexity index is 827. The molecule has 0 spiro atoms. The van der Waals surface area contributed by atoms with Crippen LogP contribution in [0.5, 0.6) is 0 Å². The SMILES string of the molecule is CN1CC(Nc2ccnc3cc(Cl)ccc23)C(C)(C)C1.O=C(O)C(F)(F)F. The van der Waals surface area contributed by atoms with Gasteiger partial charge in [-0.25, -0.2) is 4.79 Å². The van der Waals surface area contributed by atoms with Gasteiger partial charge in [-0.15, -0.1) is 0 Å². The van der Waals surface area contributed by atoms with Crippen LogP contribution >= 0.6 is 11.6 Å². The summed E-state index contributed by atoms with van der Waals surface area (Å²) in [5.41, 5.74) is 2.34. The second-order valence-corrected chi connectivity index (χ2v) is 7.64. The standard InChI is InChI=1S/C16H20ClN3.C2HF3O2/c1-16(2)10-20(3)9-15(16)19-13-6-7-18-14-8-11(17)4-5-12(13)14;3-2(4,5)1(6)7/h4-8,15H,9-10H2,1-3H3,(H,18,19);(H,6,7). The fourth-order valence-corrected chi connectivity index (χ4v) is 3.27. The lowest BCUT2D eigenvalue weighted by atomic mass is 9.87. The van der Waals surface area contributed by atoms with Crippen molar-refractivity contribution in [3.05, 3.63) is 35.5 Å². The average Bonchev–Trinajstić information content (AvgIpc) is 2.78. The number of hydrogen-bond donors (Lipinski definition) is 2. The molecule has 2 heterocycles. The number of carboxylic acids is 1. The summed E-state index contributed by atoms with van der Waals surface area (Å²) < 4.78 is 31.7. The van der Waals surface area contributed by atoms with Gasteiger partial charge < -0.3 is 15.3 Å². The number of pyridine rings is 1. The first-order valence-electron chi connectivity index (χ1n) is 8.19. The lowest BCUT2D eigenvalue weighted by molar-refractivity contribution is -0.192. The van der Waals surface area contributed by atoms with Gasteiger partial charge in [0.05, 0.1) is 5.52 Å². The highest BCUT2D eigenvalue weighted by Crippen LogP contribution is 2.33. The van der Waals surface area contributed by atoms with Crippen LogP contribution in [0.1, 0.15) is 13.8 Å². The summed E-state index contributed by atoms with van der Waals surface area (Å²) in [6.45, 7) is 6.80. The van der Waals surface area contributed by atoms with Crippen molar-refractivity contribution < 1.29 is 23.1 Å². The topological polar surface area (TPSA) is 65.5 Å². The molecule has 1 aliphatic rings. The van der Waals surface area contributed by atoms with Crippen molar-refractivity contribution in [2.45, 2.75) is 26.1 Å². The summed E-state index contributed by atoms with van der Waals surface area (Å²) in [6.07, 6.45) is -3.24. The fraction of sp³-hybridized carbons (Fsp3) is 0.444. The Morgan fingerprint density at radius 1 is 1.37 bits per heavy atom. The van der Waals surface area contributed by atoms with Crippen LogP contribution in [0.25, 0.3) is 10.9 Å². The van der Waals surface area contributed by atoms with E-state index in [2.05, 4.69) is 36.1 Å². The molecule has 1 fully saturated rings. The van der Waals surface area contributed by atoms with E-state index >= 15 is 0 Å². The number of fused-ring (bicyclic) bond motifs is 1. The van der Waals surface area contributed by atoms with Gasteiger partial charge in [0.15, 0.2) is 0 Å². The van der Waals surface area contributed by atoms with Crippen LogP contribution in [0.3, 0.4) is 0 Å². The highest BCUT2D eigenvalue weighted by atomic mass is 35.5. The number of alkyl halides is 3. The summed E-state index contributed by atoms with van der Waals surface area (Å²) in [6, 6.07) is 8.36. The molecule has 0 saturated carbocycles. The van der Waals surface area contributed by atoms with Crippen LogP contribution in [0.2, 0.25) is 5.02 Å². The van der Waals surface area contributed by atoms with Gasteiger partial charge in [-0.05, 0) is 36.7 Å². The minimum atomic E-state index is -5.08. The second-order valence-electron chi connectivity index (χ2n) is 7.21. The molecule has 2 aromatic rings. The maximum atomic E-state index is 10.6. The highest BCUT2D eigenvalue weighted by Gasteiger charge is 2.38. The number of benzene rings is 1. The maximum Gasteiger partial charge on any atom is 0.490 e. The number of rotatable bonds is 2. The van der Waals surface area contributed by atoms with Gasteiger partial charge in [0, 0.05) is 41.4 Å². The van der Waals surface area contributed by atoms with Crippen LogP contribution in [0, 0.1) is 5.41 Å². The molecule has 9 heteroatoms. The van der Waals surface area contributed by atoms with Gasteiger partial charge in [0.1, 0.15) is 0 Å². The van der Waals surface area contributed by atoms with Gasteiger partial charge in [0.25, 0.3) is 0 Å². The molecule has 1 aromatic heterocycles. The summed E-state index contributed by atoms with van der Waals surface area (Å²) in [5, 5.41) is 12.7. The molecule has 0 bridgehead atoms. The second kappa shape index (κ2) is 7.90. The number of nitrogens with one attached hydrogen (secondary N) is 1. The summed E-state index contributed by atoms with van der Waals surface area (Å²) >= 11 is 6.04. The Balaban J connectivity index is 0.000000321. The first kappa shape index (κ1) is 21.2. The predicted octanol–water partition coefficient (Wildman–Crippen LogP) is 4.27. The van der Waals surface area contributed by atoms with Crippen molar-refractivity contribution in [3.8, 4) is 0 Å². The van der Waals surface area contributed by atoms with Crippen molar-refractivity contribution in [1.29, 1.82) is 0 Å². The Hall–Kier alpha value is -2.06. The molecular weight excluding hydrogens is 383 g/mol. The first-order valence-corrected chi connectivity index (χ1v) is 8.57. The molecule has 0 radical (unpaired) electrons. The van der Waals surface area contributed by atoms with Crippen LogP contribution in [0.15, 0.2) is 30.5 Å². The van der Waals surface area contributed by atoms with E-state index in [1.807, 2.05) is 30.5 Å². The van der Waals surface area contributed by atoms with E-state index in [9.17, 15) is 13.2 Å². The zero-order valence-electron chi connectivity index (χ0n) is 15.1. The normalized spacial score (nSPS) is 19.4. The minimum absolute atomic E-state index is 0.261. The van der Waals surface area contributed by atoms with E-state index in [4.69, 9.17) is 21.5 Å². The summed E-state index contributed by atoms with van der Waals surface area (Å²) in [7, 11) is 2.17. The molecule has 5 nitrogen and oxygen atoms in total. The molecule has 1 unspecified atom stereocenters. The van der Waals surface area contributed by atoms with Crippen molar-refractivity contribution >= 4 is 34.2 Å². The largest absolute Gasteiger partial charge is 0.490 e. The Morgan fingerprint density at radius 2 is 2.00 bits per heavy atom. The van der Waals surface area contributed by atoms with Gasteiger partial charge in [0.2, 0.25) is 0 Å². The van der Waals surface area contributed by atoms with Gasteiger partial charge in [-0.1, -0.05) is 25.4 Å². The third-order valence-corrected chi connectivity index (χ3v) is 4.63. The number of aromatic nitrogens is 1. The Kier molecular flexibility index (Phi) is 6.21. The van der Waals surface area contributed by atoms with Crippen LogP contribution in [0.4, 0.5) is 18.9 Å². The predicted molar refractivity (Wildman–Crippen MR) is 99.1 cm³/mol. The van der Waals surface area contributed by atoms with Crippen LogP contribution in [-0.4, -0.2) is 53.3 Å². The smallest absolute Gasteiger partial charge is 0.475 e. The lowest BCUT2D eigenvalue weighted by Crippen LogP contribution is -2.34. The van der Waals surface area contributed by atoms with E-state index in [1.165, 1.54) is 0 Å². The molecule has 3 rings (SSSR count). The number of aliphatic carboxylic acids is 1. The van der Waals surface area contributed by atoms with Crippen LogP contribution in [-0.2, 0) is 4.79 Å². The summed E-state index contributed by atoms with van der Waals surface area (Å²) in [5.74, 6) is -2.76. The lowest BCUT2D eigenvalue weighted by Gasteiger charge is -2.28. The molecule has 1 saturated heterocycles. The first-order chi connectivity index (χ1) is 12.4. The average molecular weight is 404 g/mol. The van der Waals surface area contributed by atoms with Crippen molar-refractivity contribution in [1.82, 2.24) is 9.88 Å². The van der Waals surface area contributed by atoms with Gasteiger partial charge in [-0.2, -0.15) is 13.2 Å². The number of carbonyl (C=O) groups is 1.